The number of hydrogen-bond acceptors (Lipinski definition) is 4. The monoisotopic (exact) mass is 410 g/mol. The highest BCUT2D eigenvalue weighted by molar-refractivity contribution is 6.42. The lowest BCUT2D eigenvalue weighted by Crippen LogP contribution is -2.38. The van der Waals surface area contributed by atoms with Crippen molar-refractivity contribution in [3.05, 3.63) is 39.6 Å². The van der Waals surface area contributed by atoms with E-state index in [9.17, 15) is 9.59 Å². The maximum atomic E-state index is 12.8. The molecule has 0 atom stereocenters. The fourth-order valence-corrected chi connectivity index (χ4v) is 3.77. The molecule has 0 aromatic heterocycles. The van der Waals surface area contributed by atoms with Crippen LogP contribution in [-0.2, 0) is 19.1 Å². The minimum atomic E-state index is -0.865. The van der Waals surface area contributed by atoms with E-state index < -0.39 is 17.0 Å². The van der Waals surface area contributed by atoms with Crippen LogP contribution in [0.5, 0.6) is 0 Å². The first kappa shape index (κ1) is 20.2. The van der Waals surface area contributed by atoms with Crippen LogP contribution >= 0.6 is 23.2 Å². The maximum absolute atomic E-state index is 12.8. The van der Waals surface area contributed by atoms with Gasteiger partial charge in [-0.15, -0.1) is 0 Å². The van der Waals surface area contributed by atoms with E-state index in [1.807, 2.05) is 20.8 Å². The summed E-state index contributed by atoms with van der Waals surface area (Å²) in [5.41, 5.74) is -0.697. The SMILES string of the molecule is CCC(C)(C)C(=O)OC1=C(c2ccc(Cl)c(Cl)c2)C(=O)OC12CCCCC2. The van der Waals surface area contributed by atoms with Gasteiger partial charge in [-0.1, -0.05) is 42.6 Å². The van der Waals surface area contributed by atoms with E-state index >= 15 is 0 Å². The highest BCUT2D eigenvalue weighted by atomic mass is 35.5. The summed E-state index contributed by atoms with van der Waals surface area (Å²) in [6, 6.07) is 4.94. The van der Waals surface area contributed by atoms with Gasteiger partial charge in [0.15, 0.2) is 11.4 Å². The van der Waals surface area contributed by atoms with Crippen LogP contribution in [0.3, 0.4) is 0 Å². The first-order valence-electron chi connectivity index (χ1n) is 9.36. The van der Waals surface area contributed by atoms with Crippen molar-refractivity contribution in [3.8, 4) is 0 Å². The van der Waals surface area contributed by atoms with Crippen LogP contribution in [0, 0.1) is 5.41 Å². The first-order valence-corrected chi connectivity index (χ1v) is 10.1. The Kier molecular flexibility index (Phi) is 5.60. The van der Waals surface area contributed by atoms with Gasteiger partial charge >= 0.3 is 11.9 Å². The quantitative estimate of drug-likeness (QED) is 0.575. The molecule has 0 unspecified atom stereocenters. The number of benzene rings is 1. The summed E-state index contributed by atoms with van der Waals surface area (Å²) in [6.07, 6.45) is 4.84. The largest absolute Gasteiger partial charge is 0.447 e. The second-order valence-corrected chi connectivity index (χ2v) is 8.72. The lowest BCUT2D eigenvalue weighted by atomic mass is 9.82. The summed E-state index contributed by atoms with van der Waals surface area (Å²) in [6.45, 7) is 5.60. The molecule has 6 heteroatoms. The summed E-state index contributed by atoms with van der Waals surface area (Å²) >= 11 is 12.2. The minimum Gasteiger partial charge on any atom is -0.447 e. The number of carbonyl (C=O) groups is 2. The molecule has 0 bridgehead atoms. The maximum Gasteiger partial charge on any atom is 0.343 e. The van der Waals surface area contributed by atoms with E-state index in [1.165, 1.54) is 0 Å². The van der Waals surface area contributed by atoms with Crippen molar-refractivity contribution in [3.63, 3.8) is 0 Å². The number of hydrogen-bond donors (Lipinski definition) is 0. The Morgan fingerprint density at radius 2 is 1.85 bits per heavy atom. The van der Waals surface area contributed by atoms with Gasteiger partial charge in [0, 0.05) is 0 Å². The second kappa shape index (κ2) is 7.48. The summed E-state index contributed by atoms with van der Waals surface area (Å²) < 4.78 is 11.7. The van der Waals surface area contributed by atoms with E-state index in [2.05, 4.69) is 0 Å². The average molecular weight is 411 g/mol. The standard InChI is InChI=1S/C21H24Cl2O4/c1-4-20(2,3)19(25)26-17-16(13-8-9-14(22)15(23)12-13)18(24)27-21(17)10-6-5-7-11-21/h8-9,12H,4-7,10-11H2,1-3H3. The van der Waals surface area contributed by atoms with E-state index in [1.54, 1.807) is 18.2 Å². The van der Waals surface area contributed by atoms with E-state index in [0.29, 0.717) is 40.6 Å². The minimum absolute atomic E-state index is 0.274. The molecule has 1 spiro atoms. The Morgan fingerprint density at radius 1 is 1.19 bits per heavy atom. The Labute approximate surface area is 169 Å². The molecule has 0 N–H and O–H groups in total. The molecule has 1 saturated carbocycles. The fourth-order valence-electron chi connectivity index (χ4n) is 3.47. The van der Waals surface area contributed by atoms with Crippen LogP contribution in [0.25, 0.3) is 5.57 Å². The van der Waals surface area contributed by atoms with Crippen LogP contribution in [0.4, 0.5) is 0 Å². The molecule has 0 saturated heterocycles. The van der Waals surface area contributed by atoms with Gasteiger partial charge in [0.2, 0.25) is 0 Å². The number of ether oxygens (including phenoxy) is 2. The van der Waals surface area contributed by atoms with Crippen LogP contribution in [0.15, 0.2) is 24.0 Å². The molecule has 2 aliphatic rings. The Bertz CT molecular complexity index is 804. The third kappa shape index (κ3) is 3.74. The van der Waals surface area contributed by atoms with Gasteiger partial charge in [0.25, 0.3) is 0 Å². The average Bonchev–Trinajstić information content (AvgIpc) is 2.89. The Morgan fingerprint density at radius 3 is 2.44 bits per heavy atom. The van der Waals surface area contributed by atoms with Crippen molar-refractivity contribution in [1.29, 1.82) is 0 Å². The molecule has 146 valence electrons. The highest BCUT2D eigenvalue weighted by Crippen LogP contribution is 2.48. The van der Waals surface area contributed by atoms with Gasteiger partial charge in [-0.2, -0.15) is 0 Å². The summed E-state index contributed by atoms with van der Waals surface area (Å²) in [7, 11) is 0. The molecule has 1 aliphatic heterocycles. The number of esters is 2. The van der Waals surface area contributed by atoms with Crippen LogP contribution in [0.2, 0.25) is 10.0 Å². The molecule has 0 radical (unpaired) electrons. The third-order valence-corrected chi connectivity index (χ3v) is 6.37. The molecule has 1 aromatic carbocycles. The number of rotatable bonds is 4. The molecule has 4 nitrogen and oxygen atoms in total. The number of halogens is 2. The zero-order valence-corrected chi connectivity index (χ0v) is 17.4. The van der Waals surface area contributed by atoms with Crippen molar-refractivity contribution < 1.29 is 19.1 Å². The third-order valence-electron chi connectivity index (χ3n) is 5.63. The molecule has 1 aromatic rings. The van der Waals surface area contributed by atoms with Crippen LogP contribution in [-0.4, -0.2) is 17.5 Å². The van der Waals surface area contributed by atoms with E-state index in [0.717, 1.165) is 19.3 Å². The van der Waals surface area contributed by atoms with Gasteiger partial charge in [0.05, 0.1) is 15.5 Å². The van der Waals surface area contributed by atoms with Gasteiger partial charge in [0.1, 0.15) is 5.57 Å². The topological polar surface area (TPSA) is 52.6 Å². The lowest BCUT2D eigenvalue weighted by Gasteiger charge is -2.34. The van der Waals surface area contributed by atoms with Gasteiger partial charge in [-0.3, -0.25) is 4.79 Å². The molecule has 3 rings (SSSR count). The smallest absolute Gasteiger partial charge is 0.343 e. The molecular formula is C21H24Cl2O4. The summed E-state index contributed by atoms with van der Waals surface area (Å²) in [4.78, 5) is 25.6. The molecule has 1 aliphatic carbocycles. The van der Waals surface area contributed by atoms with Crippen molar-refractivity contribution in [2.45, 2.75) is 64.9 Å². The van der Waals surface area contributed by atoms with Crippen molar-refractivity contribution in [2.24, 2.45) is 5.41 Å². The zero-order valence-electron chi connectivity index (χ0n) is 15.9. The molecular weight excluding hydrogens is 387 g/mol. The predicted octanol–water partition coefficient (Wildman–Crippen LogP) is 5.94. The summed E-state index contributed by atoms with van der Waals surface area (Å²) in [5, 5.41) is 0.726. The first-order chi connectivity index (χ1) is 12.7. The summed E-state index contributed by atoms with van der Waals surface area (Å²) in [5.74, 6) is -0.509. The molecule has 1 fully saturated rings. The zero-order chi connectivity index (χ0) is 19.8. The van der Waals surface area contributed by atoms with Gasteiger partial charge in [-0.25, -0.2) is 4.79 Å². The van der Waals surface area contributed by atoms with Crippen molar-refractivity contribution >= 4 is 40.7 Å². The fraction of sp³-hybridized carbons (Fsp3) is 0.524. The normalized spacial score (nSPS) is 19.4. The molecule has 27 heavy (non-hydrogen) atoms. The van der Waals surface area contributed by atoms with E-state index in [-0.39, 0.29) is 11.5 Å². The highest BCUT2D eigenvalue weighted by Gasteiger charge is 2.51. The van der Waals surface area contributed by atoms with Gasteiger partial charge in [-0.05, 0) is 63.6 Å². The van der Waals surface area contributed by atoms with Crippen LogP contribution in [0.1, 0.15) is 64.9 Å². The Hall–Kier alpha value is -1.52. The van der Waals surface area contributed by atoms with E-state index in [4.69, 9.17) is 32.7 Å². The predicted molar refractivity (Wildman–Crippen MR) is 105 cm³/mol. The number of carbonyl (C=O) groups excluding carboxylic acids is 2. The van der Waals surface area contributed by atoms with Crippen molar-refractivity contribution in [2.75, 3.05) is 0 Å². The second-order valence-electron chi connectivity index (χ2n) is 7.90. The Balaban J connectivity index is 2.12. The molecule has 0 amide bonds. The van der Waals surface area contributed by atoms with Crippen molar-refractivity contribution in [1.82, 2.24) is 0 Å². The van der Waals surface area contributed by atoms with Crippen LogP contribution < -0.4 is 0 Å². The lowest BCUT2D eigenvalue weighted by molar-refractivity contribution is -0.160. The molecule has 1 heterocycles. The van der Waals surface area contributed by atoms with Gasteiger partial charge < -0.3 is 9.47 Å².